The average molecular weight is 327 g/mol. The molecule has 4 nitrogen and oxygen atoms in total. The number of aliphatic hydroxyl groups is 1. The molecule has 0 saturated carbocycles. The minimum Gasteiger partial charge on any atom is -0.379 e. The highest BCUT2D eigenvalue weighted by molar-refractivity contribution is 5.78. The molecular weight excluding hydrogens is 298 g/mol. The molecule has 2 atom stereocenters. The van der Waals surface area contributed by atoms with Crippen LogP contribution in [0.4, 0.5) is 11.4 Å². The van der Waals surface area contributed by atoms with Gasteiger partial charge >= 0.3 is 0 Å². The third-order valence-electron chi connectivity index (χ3n) is 4.03. The summed E-state index contributed by atoms with van der Waals surface area (Å²) in [4.78, 5) is 2.36. The van der Waals surface area contributed by atoms with Crippen LogP contribution in [0, 0.1) is 5.92 Å². The third-order valence-corrected chi connectivity index (χ3v) is 4.03. The van der Waals surface area contributed by atoms with Crippen LogP contribution in [0.25, 0.3) is 0 Å². The minimum absolute atomic E-state index is 0.00630. The van der Waals surface area contributed by atoms with Gasteiger partial charge in [0.2, 0.25) is 0 Å². The van der Waals surface area contributed by atoms with Gasteiger partial charge < -0.3 is 15.3 Å². The van der Waals surface area contributed by atoms with Crippen LogP contribution in [-0.2, 0) is 0 Å². The Hall–Kier alpha value is -2.04. The Labute approximate surface area is 145 Å². The number of aliphatic hydroxyl groups excluding tert-OH is 1. The highest BCUT2D eigenvalue weighted by Gasteiger charge is 2.31. The number of anilines is 2. The van der Waals surface area contributed by atoms with Crippen molar-refractivity contribution in [2.75, 3.05) is 23.3 Å². The second kappa shape index (κ2) is 8.18. The number of benzene rings is 1. The van der Waals surface area contributed by atoms with Crippen LogP contribution in [-0.4, -0.2) is 30.6 Å². The molecule has 0 radical (unpaired) electrons. The predicted octanol–water partition coefficient (Wildman–Crippen LogP) is 3.50. The van der Waals surface area contributed by atoms with Crippen molar-refractivity contribution in [2.24, 2.45) is 5.92 Å². The SMILES string of the molecule is C=C/C=C(\CNC(C)O)C(=C)C1Nc2ccccc2N1CC(C)C. The molecule has 0 spiro atoms. The van der Waals surface area contributed by atoms with Gasteiger partial charge in [-0.1, -0.05) is 51.3 Å². The maximum Gasteiger partial charge on any atom is 0.125 e. The topological polar surface area (TPSA) is 47.5 Å². The molecule has 3 N–H and O–H groups in total. The molecule has 0 aromatic heterocycles. The number of allylic oxidation sites excluding steroid dienone is 2. The van der Waals surface area contributed by atoms with E-state index in [0.29, 0.717) is 12.5 Å². The number of fused-ring (bicyclic) bond motifs is 1. The van der Waals surface area contributed by atoms with E-state index >= 15 is 0 Å². The summed E-state index contributed by atoms with van der Waals surface area (Å²) in [6.07, 6.45) is 3.16. The lowest BCUT2D eigenvalue weighted by Gasteiger charge is -2.31. The fourth-order valence-corrected chi connectivity index (χ4v) is 2.94. The first kappa shape index (κ1) is 18.3. The number of hydrogen-bond donors (Lipinski definition) is 3. The minimum atomic E-state index is -0.563. The highest BCUT2D eigenvalue weighted by Crippen LogP contribution is 2.38. The Morgan fingerprint density at radius 2 is 2.08 bits per heavy atom. The molecule has 2 rings (SSSR count). The first-order chi connectivity index (χ1) is 11.4. The summed E-state index contributed by atoms with van der Waals surface area (Å²) in [6.45, 7) is 15.8. The molecule has 0 saturated heterocycles. The van der Waals surface area contributed by atoms with Gasteiger partial charge in [0.25, 0.3) is 0 Å². The van der Waals surface area contributed by atoms with Crippen molar-refractivity contribution in [1.82, 2.24) is 5.32 Å². The lowest BCUT2D eigenvalue weighted by Crippen LogP contribution is -2.41. The second-order valence-electron chi connectivity index (χ2n) is 6.62. The molecule has 0 bridgehead atoms. The predicted molar refractivity (Wildman–Crippen MR) is 103 cm³/mol. The normalized spacial score (nSPS) is 18.3. The van der Waals surface area contributed by atoms with Crippen LogP contribution in [0.5, 0.6) is 0 Å². The van der Waals surface area contributed by atoms with Gasteiger partial charge in [0.1, 0.15) is 12.4 Å². The maximum absolute atomic E-state index is 9.51. The quantitative estimate of drug-likeness (QED) is 0.505. The summed E-state index contributed by atoms with van der Waals surface area (Å²) in [5.41, 5.74) is 4.36. The molecule has 1 aromatic carbocycles. The van der Waals surface area contributed by atoms with Crippen molar-refractivity contribution in [3.8, 4) is 0 Å². The molecular formula is C20H29N3O. The smallest absolute Gasteiger partial charge is 0.125 e. The summed E-state index contributed by atoms with van der Waals surface area (Å²) >= 11 is 0. The van der Waals surface area contributed by atoms with Crippen LogP contribution in [0.1, 0.15) is 20.8 Å². The van der Waals surface area contributed by atoms with Gasteiger partial charge in [-0.3, -0.25) is 5.32 Å². The van der Waals surface area contributed by atoms with E-state index < -0.39 is 6.23 Å². The van der Waals surface area contributed by atoms with Crippen molar-refractivity contribution in [1.29, 1.82) is 0 Å². The van der Waals surface area contributed by atoms with Crippen LogP contribution < -0.4 is 15.5 Å². The number of rotatable bonds is 8. The van der Waals surface area contributed by atoms with Crippen LogP contribution >= 0.6 is 0 Å². The zero-order chi connectivity index (χ0) is 17.7. The molecule has 130 valence electrons. The first-order valence-corrected chi connectivity index (χ1v) is 8.48. The van der Waals surface area contributed by atoms with E-state index in [-0.39, 0.29) is 6.17 Å². The summed E-state index contributed by atoms with van der Waals surface area (Å²) in [6, 6.07) is 8.35. The Morgan fingerprint density at radius 3 is 2.71 bits per heavy atom. The van der Waals surface area contributed by atoms with E-state index in [9.17, 15) is 5.11 Å². The number of para-hydroxylation sites is 2. The van der Waals surface area contributed by atoms with Gasteiger partial charge in [0, 0.05) is 13.1 Å². The Morgan fingerprint density at radius 1 is 1.38 bits per heavy atom. The van der Waals surface area contributed by atoms with Gasteiger partial charge in [-0.25, -0.2) is 0 Å². The largest absolute Gasteiger partial charge is 0.379 e. The van der Waals surface area contributed by atoms with Gasteiger partial charge in [-0.05, 0) is 36.1 Å². The van der Waals surface area contributed by atoms with Crippen molar-refractivity contribution in [2.45, 2.75) is 33.2 Å². The van der Waals surface area contributed by atoms with Crippen molar-refractivity contribution >= 4 is 11.4 Å². The van der Waals surface area contributed by atoms with Crippen molar-refractivity contribution < 1.29 is 5.11 Å². The van der Waals surface area contributed by atoms with E-state index in [4.69, 9.17) is 0 Å². The van der Waals surface area contributed by atoms with Crippen molar-refractivity contribution in [3.05, 3.63) is 60.7 Å². The molecule has 0 amide bonds. The van der Waals surface area contributed by atoms with Crippen molar-refractivity contribution in [3.63, 3.8) is 0 Å². The lowest BCUT2D eigenvalue weighted by atomic mass is 10.0. The molecule has 0 fully saturated rings. The zero-order valence-electron chi connectivity index (χ0n) is 14.9. The highest BCUT2D eigenvalue weighted by atomic mass is 16.3. The monoisotopic (exact) mass is 327 g/mol. The number of hydrogen-bond acceptors (Lipinski definition) is 4. The molecule has 4 heteroatoms. The van der Waals surface area contributed by atoms with Crippen LogP contribution in [0.15, 0.2) is 60.7 Å². The Balaban J connectivity index is 2.26. The molecule has 24 heavy (non-hydrogen) atoms. The second-order valence-corrected chi connectivity index (χ2v) is 6.62. The summed E-state index contributed by atoms with van der Waals surface area (Å²) < 4.78 is 0. The average Bonchev–Trinajstić information content (AvgIpc) is 2.89. The van der Waals surface area contributed by atoms with E-state index in [2.05, 4.69) is 60.7 Å². The molecule has 1 aliphatic heterocycles. The summed E-state index contributed by atoms with van der Waals surface area (Å²) in [5, 5.41) is 16.1. The van der Waals surface area contributed by atoms with Crippen LogP contribution in [0.3, 0.4) is 0 Å². The molecule has 1 aromatic rings. The fourth-order valence-electron chi connectivity index (χ4n) is 2.94. The van der Waals surface area contributed by atoms with Gasteiger partial charge in [-0.2, -0.15) is 0 Å². The molecule has 2 unspecified atom stereocenters. The zero-order valence-corrected chi connectivity index (χ0v) is 14.9. The molecule has 1 heterocycles. The third kappa shape index (κ3) is 4.28. The number of nitrogens with one attached hydrogen (secondary N) is 2. The molecule has 1 aliphatic rings. The van der Waals surface area contributed by atoms with E-state index in [1.165, 1.54) is 5.69 Å². The summed E-state index contributed by atoms with van der Waals surface area (Å²) in [7, 11) is 0. The Bertz CT molecular complexity index is 619. The van der Waals surface area contributed by atoms with E-state index in [1.54, 1.807) is 13.0 Å². The molecule has 0 aliphatic carbocycles. The van der Waals surface area contributed by atoms with Gasteiger partial charge in [-0.15, -0.1) is 0 Å². The first-order valence-electron chi connectivity index (χ1n) is 8.48. The standard InChI is InChI=1S/C20H29N3O/c1-6-9-17(12-21-16(5)24)15(4)20-22-18-10-7-8-11-19(18)23(20)13-14(2)3/h6-11,14,16,20-22,24H,1,4,12-13H2,2-3,5H3/b17-9+. The van der Waals surface area contributed by atoms with Gasteiger partial charge in [0.15, 0.2) is 0 Å². The lowest BCUT2D eigenvalue weighted by molar-refractivity contribution is 0.161. The van der Waals surface area contributed by atoms with E-state index in [1.807, 2.05) is 12.1 Å². The number of nitrogens with zero attached hydrogens (tertiary/aromatic N) is 1. The van der Waals surface area contributed by atoms with E-state index in [0.717, 1.165) is 23.4 Å². The van der Waals surface area contributed by atoms with Gasteiger partial charge in [0.05, 0.1) is 11.4 Å². The Kier molecular flexibility index (Phi) is 6.23. The fraction of sp³-hybridized carbons (Fsp3) is 0.400. The maximum atomic E-state index is 9.51. The van der Waals surface area contributed by atoms with Crippen LogP contribution in [0.2, 0.25) is 0 Å². The summed E-state index contributed by atoms with van der Waals surface area (Å²) in [5.74, 6) is 0.538.